The molecule has 0 bridgehead atoms. The number of furan rings is 1. The molecule has 0 radical (unpaired) electrons. The smallest absolute Gasteiger partial charge is 0.135 e. The van der Waals surface area contributed by atoms with Crippen molar-refractivity contribution in [3.63, 3.8) is 0 Å². The highest BCUT2D eigenvalue weighted by molar-refractivity contribution is 6.07. The number of hydrogen-bond donors (Lipinski definition) is 0. The molecule has 54 heavy (non-hydrogen) atoms. The second-order valence-electron chi connectivity index (χ2n) is 13.7. The van der Waals surface area contributed by atoms with E-state index in [4.69, 9.17) is 4.42 Å². The third kappa shape index (κ3) is 5.71. The normalized spacial score (nSPS) is 11.3. The average Bonchev–Trinajstić information content (AvgIpc) is 3.63. The van der Waals surface area contributed by atoms with Gasteiger partial charge in [0.15, 0.2) is 0 Å². The first-order valence-corrected chi connectivity index (χ1v) is 18.4. The largest absolute Gasteiger partial charge is 0.456 e. The molecular formula is C52H35NO. The average molecular weight is 690 g/mol. The molecule has 0 aliphatic carbocycles. The first kappa shape index (κ1) is 31.6. The van der Waals surface area contributed by atoms with E-state index in [0.717, 1.165) is 44.6 Å². The maximum Gasteiger partial charge on any atom is 0.135 e. The van der Waals surface area contributed by atoms with Gasteiger partial charge in [0.2, 0.25) is 0 Å². The molecule has 10 rings (SSSR count). The summed E-state index contributed by atoms with van der Waals surface area (Å²) in [7, 11) is 0. The van der Waals surface area contributed by atoms with Gasteiger partial charge in [0.1, 0.15) is 11.2 Å². The lowest BCUT2D eigenvalue weighted by atomic mass is 9.90. The van der Waals surface area contributed by atoms with Crippen molar-refractivity contribution in [2.45, 2.75) is 0 Å². The molecule has 0 aliphatic rings. The van der Waals surface area contributed by atoms with Crippen molar-refractivity contribution >= 4 is 49.8 Å². The van der Waals surface area contributed by atoms with Crippen LogP contribution in [-0.2, 0) is 0 Å². The first-order valence-electron chi connectivity index (χ1n) is 18.4. The Morgan fingerprint density at radius 1 is 0.296 bits per heavy atom. The summed E-state index contributed by atoms with van der Waals surface area (Å²) < 4.78 is 6.16. The van der Waals surface area contributed by atoms with Gasteiger partial charge in [-0.2, -0.15) is 0 Å². The van der Waals surface area contributed by atoms with Crippen LogP contribution in [0.2, 0.25) is 0 Å². The first-order chi connectivity index (χ1) is 26.8. The lowest BCUT2D eigenvalue weighted by molar-refractivity contribution is 0.669. The van der Waals surface area contributed by atoms with Crippen LogP contribution in [0.15, 0.2) is 217 Å². The van der Waals surface area contributed by atoms with E-state index in [1.807, 2.05) is 12.1 Å². The van der Waals surface area contributed by atoms with Crippen molar-refractivity contribution in [3.05, 3.63) is 212 Å². The Morgan fingerprint density at radius 3 is 1.57 bits per heavy atom. The van der Waals surface area contributed by atoms with E-state index < -0.39 is 0 Å². The second kappa shape index (κ2) is 13.4. The summed E-state index contributed by atoms with van der Waals surface area (Å²) in [6, 6.07) is 76.0. The molecule has 2 heteroatoms. The van der Waals surface area contributed by atoms with Crippen molar-refractivity contribution in [2.24, 2.45) is 0 Å². The summed E-state index contributed by atoms with van der Waals surface area (Å²) >= 11 is 0. The molecule has 0 amide bonds. The second-order valence-corrected chi connectivity index (χ2v) is 13.7. The number of para-hydroxylation sites is 1. The molecule has 1 heterocycles. The van der Waals surface area contributed by atoms with Crippen molar-refractivity contribution in [3.8, 4) is 44.5 Å². The molecule has 9 aromatic carbocycles. The Hall–Kier alpha value is -7.16. The summed E-state index contributed by atoms with van der Waals surface area (Å²) in [4.78, 5) is 2.37. The predicted molar refractivity (Wildman–Crippen MR) is 228 cm³/mol. The predicted octanol–water partition coefficient (Wildman–Crippen LogP) is 14.9. The summed E-state index contributed by atoms with van der Waals surface area (Å²) in [6.07, 6.45) is 0. The van der Waals surface area contributed by atoms with Crippen LogP contribution in [0.3, 0.4) is 0 Å². The zero-order chi connectivity index (χ0) is 35.8. The van der Waals surface area contributed by atoms with E-state index in [0.29, 0.717) is 0 Å². The fraction of sp³-hybridized carbons (Fsp3) is 0. The van der Waals surface area contributed by atoms with E-state index in [9.17, 15) is 0 Å². The Bertz CT molecular complexity index is 2900. The molecule has 0 unspecified atom stereocenters. The lowest BCUT2D eigenvalue weighted by Gasteiger charge is -2.27. The van der Waals surface area contributed by atoms with Gasteiger partial charge in [-0.15, -0.1) is 0 Å². The number of hydrogen-bond acceptors (Lipinski definition) is 2. The number of fused-ring (bicyclic) bond motifs is 4. The van der Waals surface area contributed by atoms with Crippen LogP contribution in [0, 0.1) is 0 Å². The van der Waals surface area contributed by atoms with Crippen LogP contribution in [0.5, 0.6) is 0 Å². The van der Waals surface area contributed by atoms with Gasteiger partial charge in [-0.05, 0) is 104 Å². The standard InChI is InChI=1S/C52H35NO/c1-3-12-36(13-4-1)37-22-28-43(29-23-37)53(50-20-11-17-39-16-7-8-18-46(39)50)44-30-24-38(25-31-44)41-26-32-45(48(34-41)40-14-5-2-6-15-40)42-27-33-52-49(35-42)47-19-9-10-21-51(47)54-52/h1-35H. The summed E-state index contributed by atoms with van der Waals surface area (Å²) in [6.45, 7) is 0. The fourth-order valence-electron chi connectivity index (χ4n) is 7.79. The van der Waals surface area contributed by atoms with Crippen LogP contribution in [-0.4, -0.2) is 0 Å². The number of nitrogens with zero attached hydrogens (tertiary/aromatic N) is 1. The molecular weight excluding hydrogens is 655 g/mol. The highest BCUT2D eigenvalue weighted by Gasteiger charge is 2.17. The van der Waals surface area contributed by atoms with Crippen molar-refractivity contribution in [2.75, 3.05) is 4.90 Å². The third-order valence-corrected chi connectivity index (χ3v) is 10.5. The van der Waals surface area contributed by atoms with Crippen molar-refractivity contribution in [1.82, 2.24) is 0 Å². The third-order valence-electron chi connectivity index (χ3n) is 10.5. The number of anilines is 3. The molecule has 0 spiro atoms. The molecule has 254 valence electrons. The Kier molecular flexibility index (Phi) is 7.85. The van der Waals surface area contributed by atoms with Gasteiger partial charge in [-0.1, -0.05) is 158 Å². The minimum atomic E-state index is 0.905. The molecule has 2 nitrogen and oxygen atoms in total. The van der Waals surface area contributed by atoms with Crippen LogP contribution in [0.1, 0.15) is 0 Å². The summed E-state index contributed by atoms with van der Waals surface area (Å²) in [5.41, 5.74) is 14.6. The Labute approximate surface area is 314 Å². The molecule has 1 aromatic heterocycles. The highest BCUT2D eigenvalue weighted by atomic mass is 16.3. The fourth-order valence-corrected chi connectivity index (χ4v) is 7.79. The van der Waals surface area contributed by atoms with Crippen LogP contribution in [0.4, 0.5) is 17.1 Å². The van der Waals surface area contributed by atoms with Gasteiger partial charge in [0, 0.05) is 27.5 Å². The monoisotopic (exact) mass is 689 g/mol. The zero-order valence-corrected chi connectivity index (χ0v) is 29.6. The van der Waals surface area contributed by atoms with E-state index in [1.165, 1.54) is 49.7 Å². The number of rotatable bonds is 7. The lowest BCUT2D eigenvalue weighted by Crippen LogP contribution is -2.10. The van der Waals surface area contributed by atoms with Gasteiger partial charge in [0.25, 0.3) is 0 Å². The van der Waals surface area contributed by atoms with Gasteiger partial charge >= 0.3 is 0 Å². The molecule has 0 saturated heterocycles. The van der Waals surface area contributed by atoms with E-state index in [1.54, 1.807) is 0 Å². The molecule has 0 atom stereocenters. The van der Waals surface area contributed by atoms with Gasteiger partial charge in [0.05, 0.1) is 5.69 Å². The topological polar surface area (TPSA) is 16.4 Å². The van der Waals surface area contributed by atoms with Crippen LogP contribution in [0.25, 0.3) is 77.2 Å². The quantitative estimate of drug-likeness (QED) is 0.166. The summed E-state index contributed by atoms with van der Waals surface area (Å²) in [5.74, 6) is 0. The molecule has 0 fully saturated rings. The maximum atomic E-state index is 6.16. The zero-order valence-electron chi connectivity index (χ0n) is 29.6. The van der Waals surface area contributed by atoms with Crippen molar-refractivity contribution < 1.29 is 4.42 Å². The number of benzene rings is 9. The molecule has 0 aliphatic heterocycles. The maximum absolute atomic E-state index is 6.16. The minimum absolute atomic E-state index is 0.905. The Balaban J connectivity index is 1.06. The van der Waals surface area contributed by atoms with Gasteiger partial charge in [-0.25, -0.2) is 0 Å². The van der Waals surface area contributed by atoms with Gasteiger partial charge in [-0.3, -0.25) is 0 Å². The SMILES string of the molecule is c1ccc(-c2ccc(N(c3ccc(-c4ccc(-c5ccc6oc7ccccc7c6c5)c(-c5ccccc5)c4)cc3)c3cccc4ccccc34)cc2)cc1. The van der Waals surface area contributed by atoms with E-state index >= 15 is 0 Å². The van der Waals surface area contributed by atoms with Crippen molar-refractivity contribution in [1.29, 1.82) is 0 Å². The van der Waals surface area contributed by atoms with Crippen LogP contribution < -0.4 is 4.90 Å². The van der Waals surface area contributed by atoms with E-state index in [-0.39, 0.29) is 0 Å². The summed E-state index contributed by atoms with van der Waals surface area (Å²) in [5, 5.41) is 4.69. The molecule has 10 aromatic rings. The minimum Gasteiger partial charge on any atom is -0.456 e. The van der Waals surface area contributed by atoms with Crippen LogP contribution >= 0.6 is 0 Å². The molecule has 0 saturated carbocycles. The van der Waals surface area contributed by atoms with E-state index in [2.05, 4.69) is 205 Å². The molecule has 0 N–H and O–H groups in total. The highest BCUT2D eigenvalue weighted by Crippen LogP contribution is 2.42. The Morgan fingerprint density at radius 2 is 0.833 bits per heavy atom. The van der Waals surface area contributed by atoms with Gasteiger partial charge < -0.3 is 9.32 Å².